The summed E-state index contributed by atoms with van der Waals surface area (Å²) in [5, 5.41) is 12.8. The zero-order valence-electron chi connectivity index (χ0n) is 25.3. The fourth-order valence-corrected chi connectivity index (χ4v) is 7.78. The van der Waals surface area contributed by atoms with Gasteiger partial charge >= 0.3 is 0 Å². The van der Waals surface area contributed by atoms with Gasteiger partial charge in [0.1, 0.15) is 24.1 Å². The average molecular weight is 623 g/mol. The molecule has 0 amide bonds. The molecule has 46 heavy (non-hydrogen) atoms. The van der Waals surface area contributed by atoms with Gasteiger partial charge in [0.05, 0.1) is 41.9 Å². The summed E-state index contributed by atoms with van der Waals surface area (Å²) in [6, 6.07) is 18.9. The summed E-state index contributed by atoms with van der Waals surface area (Å²) in [6.45, 7) is 4.13. The fourth-order valence-electron chi connectivity index (χ4n) is 7.78. The Bertz CT molecular complexity index is 1880. The van der Waals surface area contributed by atoms with Crippen molar-refractivity contribution in [3.05, 3.63) is 82.9 Å². The molecule has 4 fully saturated rings. The zero-order chi connectivity index (χ0) is 31.4. The molecule has 5 heterocycles. The summed E-state index contributed by atoms with van der Waals surface area (Å²) in [5.41, 5.74) is 6.22. The van der Waals surface area contributed by atoms with Crippen molar-refractivity contribution in [1.82, 2.24) is 24.9 Å². The maximum atomic E-state index is 14.4. The highest BCUT2D eigenvalue weighted by molar-refractivity contribution is 6.00. The SMILES string of the molecule is N#Cc1ccc(COc2cccc(N3CC4N(Cc5nc6ccc(/C(=N/N)NN)cc6n5C[C@@H]5CCO5)C5CCC54C3)n2)c(F)c1. The van der Waals surface area contributed by atoms with Gasteiger partial charge in [0.15, 0.2) is 5.84 Å². The molecule has 2 aromatic heterocycles. The van der Waals surface area contributed by atoms with Crippen molar-refractivity contribution in [2.75, 3.05) is 24.6 Å². The molecule has 1 saturated carbocycles. The zero-order valence-corrected chi connectivity index (χ0v) is 25.3. The third kappa shape index (κ3) is 4.63. The normalized spacial score (nSPS) is 25.2. The van der Waals surface area contributed by atoms with Gasteiger partial charge in [0.2, 0.25) is 5.88 Å². The van der Waals surface area contributed by atoms with E-state index in [1.54, 1.807) is 18.2 Å². The van der Waals surface area contributed by atoms with Crippen LogP contribution in [0.15, 0.2) is 59.7 Å². The molecule has 3 unspecified atom stereocenters. The van der Waals surface area contributed by atoms with E-state index in [2.05, 4.69) is 24.9 Å². The molecule has 4 aliphatic rings. The Labute approximate surface area is 265 Å². The van der Waals surface area contributed by atoms with Gasteiger partial charge in [0, 0.05) is 54.4 Å². The standard InChI is InChI=1S/C33H35FN10O2/c34-24-12-20(14-35)4-5-22(24)18-46-31-3-1-2-29(39-31)42-16-28-33(19-42)10-8-27(33)44(28)17-30-38-25-7-6-21(32(40-36)41-37)13-26(25)43(30)15-23-9-11-45-23/h1-7,12-13,23,27-28H,8-11,15-19,36-37H2,(H,40,41)/t23-,27?,28?,33?/m0/s1. The number of nitrogens with zero attached hydrogens (tertiary/aromatic N) is 7. The van der Waals surface area contributed by atoms with E-state index in [0.29, 0.717) is 29.4 Å². The van der Waals surface area contributed by atoms with Crippen molar-refractivity contribution < 1.29 is 13.9 Å². The topological polar surface area (TPSA) is 156 Å². The predicted octanol–water partition coefficient (Wildman–Crippen LogP) is 2.75. The number of hydrazone groups is 1. The lowest BCUT2D eigenvalue weighted by Gasteiger charge is -2.67. The van der Waals surface area contributed by atoms with Crippen LogP contribution >= 0.6 is 0 Å². The third-order valence-corrected chi connectivity index (χ3v) is 10.4. The monoisotopic (exact) mass is 622 g/mol. The number of hydrogen-bond donors (Lipinski definition) is 3. The summed E-state index contributed by atoms with van der Waals surface area (Å²) in [4.78, 5) is 14.9. The lowest BCUT2D eigenvalue weighted by molar-refractivity contribution is -0.182. The van der Waals surface area contributed by atoms with E-state index in [1.165, 1.54) is 18.9 Å². The number of halogens is 1. The molecule has 13 heteroatoms. The number of imidazole rings is 1. The first-order valence-corrected chi connectivity index (χ1v) is 15.6. The first kappa shape index (κ1) is 28.7. The van der Waals surface area contributed by atoms with Crippen molar-refractivity contribution in [3.63, 3.8) is 0 Å². The van der Waals surface area contributed by atoms with E-state index in [4.69, 9.17) is 36.4 Å². The lowest BCUT2D eigenvalue weighted by Crippen LogP contribution is -2.76. The Morgan fingerprint density at radius 2 is 2.07 bits per heavy atom. The molecule has 4 aromatic rings. The number of nitrogens with one attached hydrogen (secondary N) is 1. The van der Waals surface area contributed by atoms with Gasteiger partial charge in [-0.05, 0) is 55.7 Å². The Morgan fingerprint density at radius 3 is 2.78 bits per heavy atom. The molecule has 1 aliphatic carbocycles. The van der Waals surface area contributed by atoms with E-state index < -0.39 is 5.82 Å². The molecule has 1 spiro atoms. The molecule has 2 aromatic carbocycles. The van der Waals surface area contributed by atoms with E-state index in [1.807, 2.05) is 36.4 Å². The smallest absolute Gasteiger partial charge is 0.215 e. The molecular weight excluding hydrogens is 587 g/mol. The number of nitrogens with two attached hydrogens (primary N) is 2. The van der Waals surface area contributed by atoms with Crippen molar-refractivity contribution >= 4 is 22.7 Å². The number of anilines is 1. The van der Waals surface area contributed by atoms with Gasteiger partial charge in [-0.3, -0.25) is 4.90 Å². The first-order valence-electron chi connectivity index (χ1n) is 15.6. The highest BCUT2D eigenvalue weighted by Gasteiger charge is 2.69. The fraction of sp³-hybridized carbons (Fsp3) is 0.394. The van der Waals surface area contributed by atoms with Crippen molar-refractivity contribution in [2.24, 2.45) is 22.2 Å². The summed E-state index contributed by atoms with van der Waals surface area (Å²) in [6.07, 6.45) is 3.58. The Kier molecular flexibility index (Phi) is 7.01. The summed E-state index contributed by atoms with van der Waals surface area (Å²) in [5.74, 6) is 13.5. The molecule has 4 atom stereocenters. The number of benzene rings is 2. The van der Waals surface area contributed by atoms with Gasteiger partial charge in [-0.2, -0.15) is 15.3 Å². The van der Waals surface area contributed by atoms with E-state index >= 15 is 0 Å². The molecule has 0 bridgehead atoms. The number of pyridine rings is 1. The molecule has 5 N–H and O–H groups in total. The minimum Gasteiger partial charge on any atom is -0.473 e. The number of likely N-dealkylation sites (tertiary alicyclic amines) is 1. The molecule has 12 nitrogen and oxygen atoms in total. The van der Waals surface area contributed by atoms with Gasteiger partial charge in [-0.25, -0.2) is 15.2 Å². The summed E-state index contributed by atoms with van der Waals surface area (Å²) < 4.78 is 28.4. The second-order valence-corrected chi connectivity index (χ2v) is 12.6. The van der Waals surface area contributed by atoms with Crippen molar-refractivity contribution in [3.8, 4) is 11.9 Å². The van der Waals surface area contributed by atoms with E-state index in [0.717, 1.165) is 67.4 Å². The van der Waals surface area contributed by atoms with E-state index in [-0.39, 0.29) is 23.7 Å². The van der Waals surface area contributed by atoms with Crippen molar-refractivity contribution in [2.45, 2.75) is 57.1 Å². The van der Waals surface area contributed by atoms with E-state index in [9.17, 15) is 4.39 Å². The van der Waals surface area contributed by atoms with Gasteiger partial charge in [-0.15, -0.1) is 0 Å². The predicted molar refractivity (Wildman–Crippen MR) is 169 cm³/mol. The minimum atomic E-state index is -0.461. The second kappa shape index (κ2) is 11.2. The molecule has 236 valence electrons. The largest absolute Gasteiger partial charge is 0.473 e. The number of fused-ring (bicyclic) bond motifs is 1. The maximum Gasteiger partial charge on any atom is 0.215 e. The van der Waals surface area contributed by atoms with Crippen LogP contribution in [0.25, 0.3) is 11.0 Å². The molecule has 8 rings (SSSR count). The highest BCUT2D eigenvalue weighted by Crippen LogP contribution is 2.61. The molecule has 3 saturated heterocycles. The molecule has 3 aliphatic heterocycles. The van der Waals surface area contributed by atoms with Crippen LogP contribution in [-0.2, 0) is 24.4 Å². The third-order valence-electron chi connectivity index (χ3n) is 10.4. The Balaban J connectivity index is 1.01. The van der Waals surface area contributed by atoms with Crippen LogP contribution in [-0.4, -0.2) is 63.2 Å². The summed E-state index contributed by atoms with van der Waals surface area (Å²) >= 11 is 0. The minimum absolute atomic E-state index is 0.0356. The molecule has 0 radical (unpaired) electrons. The first-order chi connectivity index (χ1) is 22.5. The number of piperidine rings is 1. The highest BCUT2D eigenvalue weighted by atomic mass is 19.1. The van der Waals surface area contributed by atoms with Gasteiger partial charge in [0.25, 0.3) is 0 Å². The van der Waals surface area contributed by atoms with Crippen LogP contribution in [0.2, 0.25) is 0 Å². The molecular formula is C33H35FN10O2. The Hall–Kier alpha value is -4.77. The van der Waals surface area contributed by atoms with Crippen LogP contribution in [0.4, 0.5) is 10.2 Å². The number of rotatable bonds is 9. The van der Waals surface area contributed by atoms with Crippen LogP contribution in [0, 0.1) is 22.6 Å². The number of hydrogen-bond acceptors (Lipinski definition) is 10. The van der Waals surface area contributed by atoms with Crippen LogP contribution in [0.5, 0.6) is 5.88 Å². The summed E-state index contributed by atoms with van der Waals surface area (Å²) in [7, 11) is 0. The Morgan fingerprint density at radius 1 is 1.17 bits per heavy atom. The van der Waals surface area contributed by atoms with Crippen molar-refractivity contribution in [1.29, 1.82) is 5.26 Å². The van der Waals surface area contributed by atoms with Crippen LogP contribution in [0.3, 0.4) is 0 Å². The van der Waals surface area contributed by atoms with Crippen LogP contribution < -0.4 is 26.7 Å². The average Bonchev–Trinajstić information content (AvgIpc) is 3.60. The van der Waals surface area contributed by atoms with Crippen LogP contribution in [0.1, 0.15) is 41.8 Å². The van der Waals surface area contributed by atoms with Gasteiger partial charge in [-0.1, -0.05) is 12.1 Å². The number of ether oxygens (including phenoxy) is 2. The van der Waals surface area contributed by atoms with Gasteiger partial charge < -0.3 is 30.2 Å². The number of amidine groups is 1. The lowest BCUT2D eigenvalue weighted by atomic mass is 9.53. The number of hydrazine groups is 1. The number of nitriles is 1. The second-order valence-electron chi connectivity index (χ2n) is 12.6. The number of aromatic nitrogens is 3. The maximum absolute atomic E-state index is 14.4. The quantitative estimate of drug-likeness (QED) is 0.110.